The Labute approximate surface area is 235 Å². The van der Waals surface area contributed by atoms with Gasteiger partial charge >= 0.3 is 5.69 Å². The first kappa shape index (κ1) is 25.9. The van der Waals surface area contributed by atoms with Gasteiger partial charge in [0, 0.05) is 22.6 Å². The number of hydrogen-bond acceptors (Lipinski definition) is 7. The standard InChI is InChI=1S/C30H18ClFN4O5/c31-22-13-18(14-25(36(38)39)28(22)40-17-20-8-1-4-10-23(20)32)16-33-35-29(27-15-19-7-2-6-12-26(19)41-27)34-24-11-5-3-9-21(24)30(35)37/h1-16H,17H2. The van der Waals surface area contributed by atoms with E-state index in [0.717, 1.165) is 10.1 Å². The number of nitro groups is 1. The van der Waals surface area contributed by atoms with Gasteiger partial charge in [0.05, 0.1) is 27.1 Å². The summed E-state index contributed by atoms with van der Waals surface area (Å²) in [5, 5.41) is 17.3. The Hall–Kier alpha value is -5.35. The van der Waals surface area contributed by atoms with Crippen molar-refractivity contribution in [1.29, 1.82) is 0 Å². The zero-order valence-electron chi connectivity index (χ0n) is 21.0. The lowest BCUT2D eigenvalue weighted by atomic mass is 10.2. The molecule has 9 nitrogen and oxygen atoms in total. The van der Waals surface area contributed by atoms with E-state index in [1.165, 1.54) is 36.5 Å². The number of ether oxygens (including phenoxy) is 1. The number of para-hydroxylation sites is 2. The summed E-state index contributed by atoms with van der Waals surface area (Å²) >= 11 is 6.37. The van der Waals surface area contributed by atoms with Crippen LogP contribution in [0.25, 0.3) is 33.5 Å². The molecule has 0 saturated heterocycles. The third-order valence-corrected chi connectivity index (χ3v) is 6.58. The predicted molar refractivity (Wildman–Crippen MR) is 153 cm³/mol. The van der Waals surface area contributed by atoms with Crippen LogP contribution in [0.2, 0.25) is 5.02 Å². The second-order valence-corrected chi connectivity index (χ2v) is 9.36. The summed E-state index contributed by atoms with van der Waals surface area (Å²) < 4.78 is 26.6. The highest BCUT2D eigenvalue weighted by atomic mass is 35.5. The van der Waals surface area contributed by atoms with Crippen LogP contribution in [0.15, 0.2) is 105 Å². The van der Waals surface area contributed by atoms with Crippen molar-refractivity contribution < 1.29 is 18.5 Å². The number of benzene rings is 4. The Morgan fingerprint density at radius 2 is 1.80 bits per heavy atom. The number of fused-ring (bicyclic) bond motifs is 2. The lowest BCUT2D eigenvalue weighted by molar-refractivity contribution is -0.385. The van der Waals surface area contributed by atoms with E-state index in [-0.39, 0.29) is 34.3 Å². The highest BCUT2D eigenvalue weighted by molar-refractivity contribution is 6.32. The maximum absolute atomic E-state index is 14.0. The van der Waals surface area contributed by atoms with E-state index in [2.05, 4.69) is 10.1 Å². The normalized spacial score (nSPS) is 11.5. The lowest BCUT2D eigenvalue weighted by Gasteiger charge is -2.10. The summed E-state index contributed by atoms with van der Waals surface area (Å²) in [6.07, 6.45) is 1.25. The van der Waals surface area contributed by atoms with E-state index in [9.17, 15) is 19.3 Å². The summed E-state index contributed by atoms with van der Waals surface area (Å²) in [7, 11) is 0. The van der Waals surface area contributed by atoms with Crippen molar-refractivity contribution in [2.24, 2.45) is 5.10 Å². The topological polar surface area (TPSA) is 113 Å². The monoisotopic (exact) mass is 568 g/mol. The fraction of sp³-hybridized carbons (Fsp3) is 0.0333. The molecule has 0 aliphatic rings. The Bertz CT molecular complexity index is 2020. The Kier molecular flexibility index (Phi) is 6.74. The minimum absolute atomic E-state index is 0.0847. The fourth-order valence-electron chi connectivity index (χ4n) is 4.32. The van der Waals surface area contributed by atoms with E-state index in [1.54, 1.807) is 42.5 Å². The molecule has 202 valence electrons. The molecule has 0 unspecified atom stereocenters. The molecule has 4 aromatic carbocycles. The van der Waals surface area contributed by atoms with E-state index in [4.69, 9.17) is 20.8 Å². The van der Waals surface area contributed by atoms with E-state index >= 15 is 0 Å². The molecular formula is C30H18ClFN4O5. The Balaban J connectivity index is 1.42. The molecule has 2 aromatic heterocycles. The molecule has 41 heavy (non-hydrogen) atoms. The maximum Gasteiger partial charge on any atom is 0.313 e. The molecule has 0 aliphatic heterocycles. The molecule has 11 heteroatoms. The summed E-state index contributed by atoms with van der Waals surface area (Å²) in [6, 6.07) is 24.4. The molecule has 0 saturated carbocycles. The smallest absolute Gasteiger partial charge is 0.313 e. The van der Waals surface area contributed by atoms with Gasteiger partial charge in [-0.3, -0.25) is 14.9 Å². The molecule has 0 atom stereocenters. The number of furan rings is 1. The second kappa shape index (κ2) is 10.7. The summed E-state index contributed by atoms with van der Waals surface area (Å²) in [5.74, 6) is -0.270. The minimum atomic E-state index is -0.663. The zero-order valence-corrected chi connectivity index (χ0v) is 21.8. The van der Waals surface area contributed by atoms with E-state index in [1.807, 2.05) is 18.2 Å². The van der Waals surface area contributed by atoms with Crippen molar-refractivity contribution in [2.45, 2.75) is 6.61 Å². The van der Waals surface area contributed by atoms with Crippen LogP contribution in [0.5, 0.6) is 5.75 Å². The van der Waals surface area contributed by atoms with Crippen LogP contribution in [0.3, 0.4) is 0 Å². The molecule has 0 bridgehead atoms. The molecule has 0 radical (unpaired) electrons. The SMILES string of the molecule is O=c1c2ccccc2nc(-c2cc3ccccc3o2)n1N=Cc1cc(Cl)c(OCc2ccccc2F)c([N+](=O)[O-])c1. The zero-order chi connectivity index (χ0) is 28.5. The maximum atomic E-state index is 14.0. The average Bonchev–Trinajstić information content (AvgIpc) is 3.41. The Morgan fingerprint density at radius 1 is 1.05 bits per heavy atom. The number of nitrogens with zero attached hydrogens (tertiary/aromatic N) is 4. The average molecular weight is 569 g/mol. The van der Waals surface area contributed by atoms with Crippen molar-refractivity contribution in [1.82, 2.24) is 9.66 Å². The van der Waals surface area contributed by atoms with Gasteiger partial charge in [0.25, 0.3) is 5.56 Å². The number of nitro benzene ring substituents is 1. The second-order valence-electron chi connectivity index (χ2n) is 8.95. The van der Waals surface area contributed by atoms with E-state index in [0.29, 0.717) is 22.2 Å². The van der Waals surface area contributed by atoms with Crippen molar-refractivity contribution in [3.63, 3.8) is 0 Å². The quantitative estimate of drug-likeness (QED) is 0.117. The number of halogens is 2. The molecule has 0 amide bonds. The first-order valence-electron chi connectivity index (χ1n) is 12.3. The van der Waals surface area contributed by atoms with Crippen LogP contribution in [0, 0.1) is 15.9 Å². The van der Waals surface area contributed by atoms with Gasteiger partial charge in [-0.25, -0.2) is 9.37 Å². The van der Waals surface area contributed by atoms with Gasteiger partial charge in [-0.1, -0.05) is 60.1 Å². The van der Waals surface area contributed by atoms with Crippen molar-refractivity contribution >= 4 is 45.4 Å². The molecule has 6 rings (SSSR count). The first-order chi connectivity index (χ1) is 19.9. The highest BCUT2D eigenvalue weighted by Crippen LogP contribution is 2.36. The van der Waals surface area contributed by atoms with Gasteiger partial charge in [0.15, 0.2) is 5.76 Å². The predicted octanol–water partition coefficient (Wildman–Crippen LogP) is 6.97. The molecule has 0 aliphatic carbocycles. The van der Waals surface area contributed by atoms with Gasteiger partial charge in [0.2, 0.25) is 11.6 Å². The molecule has 0 fully saturated rings. The third-order valence-electron chi connectivity index (χ3n) is 6.29. The van der Waals surface area contributed by atoms with Crippen LogP contribution in [-0.2, 0) is 6.61 Å². The first-order valence-corrected chi connectivity index (χ1v) is 12.7. The van der Waals surface area contributed by atoms with Gasteiger partial charge in [-0.05, 0) is 36.4 Å². The van der Waals surface area contributed by atoms with Crippen molar-refractivity contribution in [2.75, 3.05) is 0 Å². The van der Waals surface area contributed by atoms with Crippen LogP contribution in [-0.4, -0.2) is 20.8 Å². The van der Waals surface area contributed by atoms with Gasteiger partial charge < -0.3 is 9.15 Å². The Morgan fingerprint density at radius 3 is 2.61 bits per heavy atom. The van der Waals surface area contributed by atoms with E-state index < -0.39 is 22.0 Å². The minimum Gasteiger partial charge on any atom is -0.481 e. The largest absolute Gasteiger partial charge is 0.481 e. The molecule has 2 heterocycles. The highest BCUT2D eigenvalue weighted by Gasteiger charge is 2.22. The third kappa shape index (κ3) is 5.04. The van der Waals surface area contributed by atoms with Crippen LogP contribution >= 0.6 is 11.6 Å². The molecule has 0 spiro atoms. The van der Waals surface area contributed by atoms with Crippen molar-refractivity contribution in [3.05, 3.63) is 133 Å². The van der Waals surface area contributed by atoms with Gasteiger partial charge in [-0.15, -0.1) is 0 Å². The molecule has 6 aromatic rings. The lowest BCUT2D eigenvalue weighted by Crippen LogP contribution is -2.20. The van der Waals surface area contributed by atoms with Crippen LogP contribution < -0.4 is 10.3 Å². The number of hydrogen-bond donors (Lipinski definition) is 0. The number of rotatable bonds is 7. The van der Waals surface area contributed by atoms with Crippen molar-refractivity contribution in [3.8, 4) is 17.3 Å². The van der Waals surface area contributed by atoms with Gasteiger partial charge in [0.1, 0.15) is 18.0 Å². The summed E-state index contributed by atoms with van der Waals surface area (Å²) in [4.78, 5) is 29.3. The summed E-state index contributed by atoms with van der Waals surface area (Å²) in [5.41, 5.74) is 0.577. The van der Waals surface area contributed by atoms with Crippen LogP contribution in [0.1, 0.15) is 11.1 Å². The van der Waals surface area contributed by atoms with Gasteiger partial charge in [-0.2, -0.15) is 9.78 Å². The summed E-state index contributed by atoms with van der Waals surface area (Å²) in [6.45, 7) is -0.264. The molecular weight excluding hydrogens is 551 g/mol. The fourth-order valence-corrected chi connectivity index (χ4v) is 4.60. The number of aromatic nitrogens is 2. The van der Waals surface area contributed by atoms with Crippen LogP contribution in [0.4, 0.5) is 10.1 Å². The molecule has 0 N–H and O–H groups in total.